The molecule has 0 radical (unpaired) electrons. The zero-order chi connectivity index (χ0) is 24.5. The first-order valence-corrected chi connectivity index (χ1v) is 10.2. The highest BCUT2D eigenvalue weighted by molar-refractivity contribution is 6.40. The molecular formula is C25H24N4O5. The number of amides is 3. The first-order valence-electron chi connectivity index (χ1n) is 10.2. The number of hydrogen-bond donors (Lipinski definition) is 3. The summed E-state index contributed by atoms with van der Waals surface area (Å²) in [5, 5.41) is 9.02. The molecule has 0 saturated heterocycles. The van der Waals surface area contributed by atoms with Crippen molar-refractivity contribution in [2.24, 2.45) is 5.10 Å². The van der Waals surface area contributed by atoms with Gasteiger partial charge in [-0.05, 0) is 60.5 Å². The third-order valence-corrected chi connectivity index (χ3v) is 4.69. The number of ether oxygens (including phenoxy) is 2. The van der Waals surface area contributed by atoms with Crippen LogP contribution >= 0.6 is 0 Å². The van der Waals surface area contributed by atoms with Crippen molar-refractivity contribution in [1.29, 1.82) is 0 Å². The standard InChI is InChI=1S/C25H24N4O5/c1-16-7-6-8-18(13-16)27-23(30)19-9-4-5-10-20(19)28-24(31)25(32)29-26-15-17-11-12-21(33-2)22(14-17)34-3/h4-15H,1-3H3,(H,27,30)(H,28,31)(H,29,32). The average Bonchev–Trinajstić information content (AvgIpc) is 2.84. The molecule has 0 bridgehead atoms. The Kier molecular flexibility index (Phi) is 7.96. The van der Waals surface area contributed by atoms with E-state index in [-0.39, 0.29) is 11.3 Å². The fourth-order valence-electron chi connectivity index (χ4n) is 3.04. The van der Waals surface area contributed by atoms with Gasteiger partial charge in [0.25, 0.3) is 5.91 Å². The molecular weight excluding hydrogens is 436 g/mol. The Bertz CT molecular complexity index is 1240. The molecule has 9 nitrogen and oxygen atoms in total. The van der Waals surface area contributed by atoms with Gasteiger partial charge in [0.1, 0.15) is 0 Å². The molecule has 0 aliphatic heterocycles. The largest absolute Gasteiger partial charge is 0.493 e. The van der Waals surface area contributed by atoms with Gasteiger partial charge in [-0.3, -0.25) is 14.4 Å². The van der Waals surface area contributed by atoms with Gasteiger partial charge in [0.05, 0.1) is 31.7 Å². The molecule has 34 heavy (non-hydrogen) atoms. The van der Waals surface area contributed by atoms with Crippen LogP contribution in [-0.4, -0.2) is 38.2 Å². The van der Waals surface area contributed by atoms with E-state index in [4.69, 9.17) is 9.47 Å². The van der Waals surface area contributed by atoms with Crippen molar-refractivity contribution in [1.82, 2.24) is 5.43 Å². The summed E-state index contributed by atoms with van der Waals surface area (Å²) < 4.78 is 10.4. The SMILES string of the molecule is COc1ccc(C=NNC(=O)C(=O)Nc2ccccc2C(=O)Nc2cccc(C)c2)cc1OC. The summed E-state index contributed by atoms with van der Waals surface area (Å²) in [5.74, 6) is -1.34. The van der Waals surface area contributed by atoms with Gasteiger partial charge in [-0.25, -0.2) is 5.43 Å². The summed E-state index contributed by atoms with van der Waals surface area (Å²) >= 11 is 0. The second-order valence-electron chi connectivity index (χ2n) is 7.14. The fourth-order valence-corrected chi connectivity index (χ4v) is 3.04. The number of para-hydroxylation sites is 1. The van der Waals surface area contributed by atoms with Crippen molar-refractivity contribution in [2.75, 3.05) is 24.9 Å². The van der Waals surface area contributed by atoms with E-state index in [9.17, 15) is 14.4 Å². The smallest absolute Gasteiger partial charge is 0.329 e. The summed E-state index contributed by atoms with van der Waals surface area (Å²) in [6.07, 6.45) is 1.36. The molecule has 0 unspecified atom stereocenters. The monoisotopic (exact) mass is 460 g/mol. The number of aryl methyl sites for hydroxylation is 1. The van der Waals surface area contributed by atoms with Gasteiger partial charge < -0.3 is 20.1 Å². The van der Waals surface area contributed by atoms with Gasteiger partial charge in [0.2, 0.25) is 0 Å². The Labute approximate surface area is 196 Å². The minimum absolute atomic E-state index is 0.191. The second-order valence-corrected chi connectivity index (χ2v) is 7.14. The number of nitrogens with one attached hydrogen (secondary N) is 3. The molecule has 0 fully saturated rings. The molecule has 3 N–H and O–H groups in total. The maximum absolute atomic E-state index is 12.7. The van der Waals surface area contributed by atoms with Crippen LogP contribution in [0.3, 0.4) is 0 Å². The Balaban J connectivity index is 1.64. The minimum atomic E-state index is -0.995. The van der Waals surface area contributed by atoms with Gasteiger partial charge in [-0.2, -0.15) is 5.10 Å². The molecule has 0 aliphatic rings. The van der Waals surface area contributed by atoms with E-state index >= 15 is 0 Å². The normalized spacial score (nSPS) is 10.4. The lowest BCUT2D eigenvalue weighted by atomic mass is 10.1. The number of benzene rings is 3. The molecule has 0 saturated carbocycles. The Morgan fingerprint density at radius 3 is 2.32 bits per heavy atom. The number of anilines is 2. The van der Waals surface area contributed by atoms with Crippen molar-refractivity contribution < 1.29 is 23.9 Å². The van der Waals surface area contributed by atoms with Crippen molar-refractivity contribution >= 4 is 35.3 Å². The maximum atomic E-state index is 12.7. The van der Waals surface area contributed by atoms with Crippen molar-refractivity contribution in [3.05, 3.63) is 83.4 Å². The Morgan fingerprint density at radius 1 is 0.824 bits per heavy atom. The zero-order valence-corrected chi connectivity index (χ0v) is 18.9. The number of methoxy groups -OCH3 is 2. The lowest BCUT2D eigenvalue weighted by Gasteiger charge is -2.11. The van der Waals surface area contributed by atoms with Gasteiger partial charge in [0.15, 0.2) is 11.5 Å². The lowest BCUT2D eigenvalue weighted by Crippen LogP contribution is -2.33. The fraction of sp³-hybridized carbons (Fsp3) is 0.120. The first-order chi connectivity index (χ1) is 16.4. The van der Waals surface area contributed by atoms with Crippen LogP contribution in [0.15, 0.2) is 71.8 Å². The van der Waals surface area contributed by atoms with E-state index in [0.717, 1.165) is 5.56 Å². The van der Waals surface area contributed by atoms with E-state index in [2.05, 4.69) is 21.2 Å². The van der Waals surface area contributed by atoms with E-state index in [0.29, 0.717) is 22.7 Å². The van der Waals surface area contributed by atoms with Gasteiger partial charge >= 0.3 is 11.8 Å². The van der Waals surface area contributed by atoms with Crippen molar-refractivity contribution in [2.45, 2.75) is 6.92 Å². The molecule has 174 valence electrons. The molecule has 3 amide bonds. The lowest BCUT2D eigenvalue weighted by molar-refractivity contribution is -0.136. The topological polar surface area (TPSA) is 118 Å². The average molecular weight is 460 g/mol. The third kappa shape index (κ3) is 6.19. The van der Waals surface area contributed by atoms with Crippen LogP contribution in [0.1, 0.15) is 21.5 Å². The summed E-state index contributed by atoms with van der Waals surface area (Å²) in [7, 11) is 3.03. The number of rotatable bonds is 7. The van der Waals surface area contributed by atoms with E-state index in [1.165, 1.54) is 26.5 Å². The predicted molar refractivity (Wildman–Crippen MR) is 129 cm³/mol. The predicted octanol–water partition coefficient (Wildman–Crippen LogP) is 3.35. The quantitative estimate of drug-likeness (QED) is 0.284. The number of carbonyl (C=O) groups excluding carboxylic acids is 3. The number of hydrazone groups is 1. The minimum Gasteiger partial charge on any atom is -0.493 e. The molecule has 3 aromatic carbocycles. The van der Waals surface area contributed by atoms with Crippen LogP contribution in [0, 0.1) is 6.92 Å². The van der Waals surface area contributed by atoms with Gasteiger partial charge in [-0.1, -0.05) is 24.3 Å². The Hall–Kier alpha value is -4.66. The van der Waals surface area contributed by atoms with E-state index in [1.54, 1.807) is 42.5 Å². The molecule has 0 aromatic heterocycles. The molecule has 0 spiro atoms. The summed E-state index contributed by atoms with van der Waals surface area (Å²) in [5.41, 5.74) is 4.79. The van der Waals surface area contributed by atoms with Gasteiger partial charge in [0, 0.05) is 5.69 Å². The number of hydrogen-bond acceptors (Lipinski definition) is 6. The maximum Gasteiger partial charge on any atom is 0.329 e. The second kappa shape index (κ2) is 11.3. The van der Waals surface area contributed by atoms with E-state index in [1.807, 2.05) is 25.1 Å². The van der Waals surface area contributed by atoms with Crippen LogP contribution in [0.4, 0.5) is 11.4 Å². The van der Waals surface area contributed by atoms with Crippen molar-refractivity contribution in [3.8, 4) is 11.5 Å². The molecule has 0 atom stereocenters. The molecule has 9 heteroatoms. The number of carbonyl (C=O) groups is 3. The molecule has 3 rings (SSSR count). The van der Waals surface area contributed by atoms with E-state index < -0.39 is 17.7 Å². The van der Waals surface area contributed by atoms with Crippen molar-refractivity contribution in [3.63, 3.8) is 0 Å². The molecule has 0 heterocycles. The van der Waals surface area contributed by atoms with Crippen LogP contribution in [0.2, 0.25) is 0 Å². The van der Waals surface area contributed by atoms with Crippen LogP contribution < -0.4 is 25.5 Å². The summed E-state index contributed by atoms with van der Waals surface area (Å²) in [4.78, 5) is 37.3. The van der Waals surface area contributed by atoms with Crippen LogP contribution in [0.25, 0.3) is 0 Å². The Morgan fingerprint density at radius 2 is 1.59 bits per heavy atom. The van der Waals surface area contributed by atoms with Crippen LogP contribution in [-0.2, 0) is 9.59 Å². The number of nitrogens with zero attached hydrogens (tertiary/aromatic N) is 1. The first kappa shape index (κ1) is 24.0. The molecule has 3 aromatic rings. The molecule has 0 aliphatic carbocycles. The zero-order valence-electron chi connectivity index (χ0n) is 18.9. The summed E-state index contributed by atoms with van der Waals surface area (Å²) in [6, 6.07) is 18.8. The highest BCUT2D eigenvalue weighted by atomic mass is 16.5. The third-order valence-electron chi connectivity index (χ3n) is 4.69. The highest BCUT2D eigenvalue weighted by Crippen LogP contribution is 2.26. The highest BCUT2D eigenvalue weighted by Gasteiger charge is 2.18. The van der Waals surface area contributed by atoms with Crippen LogP contribution in [0.5, 0.6) is 11.5 Å². The van der Waals surface area contributed by atoms with Gasteiger partial charge in [-0.15, -0.1) is 0 Å². The summed E-state index contributed by atoms with van der Waals surface area (Å²) in [6.45, 7) is 1.91.